The highest BCUT2D eigenvalue weighted by atomic mass is 16.6. The van der Waals surface area contributed by atoms with E-state index in [0.717, 1.165) is 16.7 Å². The predicted octanol–water partition coefficient (Wildman–Crippen LogP) is 4.84. The fraction of sp³-hybridized carbons (Fsp3) is 0.250. The topological polar surface area (TPSA) is 85.4 Å². The number of nitrogens with zero attached hydrogens (tertiary/aromatic N) is 2. The summed E-state index contributed by atoms with van der Waals surface area (Å²) in [7, 11) is 1.28. The van der Waals surface area contributed by atoms with Crippen LogP contribution in [-0.2, 0) is 32.2 Å². The van der Waals surface area contributed by atoms with Crippen molar-refractivity contribution in [3.63, 3.8) is 0 Å². The maximum Gasteiger partial charge on any atom is 0.416 e. The van der Waals surface area contributed by atoms with E-state index in [4.69, 9.17) is 14.2 Å². The Balaban J connectivity index is 1.44. The summed E-state index contributed by atoms with van der Waals surface area (Å²) in [6.45, 7) is 0.113. The fourth-order valence-corrected chi connectivity index (χ4v) is 4.98. The smallest absolute Gasteiger partial charge is 0.416 e. The number of ether oxygens (including phenoxy) is 3. The van der Waals surface area contributed by atoms with Crippen LogP contribution in [-0.4, -0.2) is 42.4 Å². The van der Waals surface area contributed by atoms with Crippen molar-refractivity contribution >= 4 is 23.8 Å². The normalized spacial score (nSPS) is 19.9. The molecule has 5 rings (SSSR count). The largest absolute Gasteiger partial charge is 0.467 e. The van der Waals surface area contributed by atoms with Crippen LogP contribution in [0.3, 0.4) is 0 Å². The van der Waals surface area contributed by atoms with Gasteiger partial charge in [-0.25, -0.2) is 14.4 Å². The summed E-state index contributed by atoms with van der Waals surface area (Å²) in [6, 6.07) is 25.1. The number of anilines is 1. The zero-order valence-electron chi connectivity index (χ0n) is 19.8. The van der Waals surface area contributed by atoms with Gasteiger partial charge in [0, 0.05) is 5.92 Å². The Labute approximate surface area is 209 Å². The minimum absolute atomic E-state index is 0.0346. The van der Waals surface area contributed by atoms with Crippen LogP contribution >= 0.6 is 0 Å². The van der Waals surface area contributed by atoms with Crippen LogP contribution in [0.25, 0.3) is 0 Å². The highest BCUT2D eigenvalue weighted by molar-refractivity contribution is 5.94. The maximum absolute atomic E-state index is 13.4. The number of hydrogen-bond acceptors (Lipinski definition) is 6. The van der Waals surface area contributed by atoms with E-state index in [2.05, 4.69) is 0 Å². The lowest BCUT2D eigenvalue weighted by molar-refractivity contribution is -0.145. The summed E-state index contributed by atoms with van der Waals surface area (Å²) in [5.41, 5.74) is 3.17. The molecule has 0 radical (unpaired) electrons. The number of rotatable bonds is 5. The van der Waals surface area contributed by atoms with Crippen molar-refractivity contribution in [2.75, 3.05) is 12.0 Å². The molecule has 184 valence electrons. The standard InChI is InChI=1S/C28H26N2O6/c1-34-26(31)24-16-22-21-14-8-9-15-23(21)29(27(32)35-17-19-10-4-2-5-11-19)25(22)30(24)28(33)36-18-20-12-6-3-7-13-20/h2-15,22,24-25H,16-18H2,1H3/t22-,24+,25-/m0/s1. The van der Waals surface area contributed by atoms with Crippen LogP contribution in [0.1, 0.15) is 29.0 Å². The third-order valence-electron chi connectivity index (χ3n) is 6.61. The van der Waals surface area contributed by atoms with Crippen LogP contribution in [0.15, 0.2) is 84.9 Å². The third-order valence-corrected chi connectivity index (χ3v) is 6.61. The van der Waals surface area contributed by atoms with Crippen molar-refractivity contribution in [2.45, 2.75) is 37.8 Å². The van der Waals surface area contributed by atoms with Crippen molar-refractivity contribution in [1.29, 1.82) is 0 Å². The number of para-hydroxylation sites is 1. The summed E-state index contributed by atoms with van der Waals surface area (Å²) in [6.07, 6.45) is -1.78. The SMILES string of the molecule is COC(=O)[C@H]1C[C@H]2c3ccccc3N(C(=O)OCc3ccccc3)[C@H]2N1C(=O)OCc1ccccc1. The first-order valence-electron chi connectivity index (χ1n) is 11.7. The Bertz CT molecular complexity index is 1250. The average molecular weight is 487 g/mol. The highest BCUT2D eigenvalue weighted by Crippen LogP contribution is 2.50. The number of esters is 1. The van der Waals surface area contributed by atoms with Gasteiger partial charge in [-0.2, -0.15) is 0 Å². The zero-order valence-corrected chi connectivity index (χ0v) is 19.8. The number of carbonyl (C=O) groups is 3. The van der Waals surface area contributed by atoms with E-state index >= 15 is 0 Å². The monoisotopic (exact) mass is 486 g/mol. The third kappa shape index (κ3) is 4.37. The molecule has 1 fully saturated rings. The molecule has 0 N–H and O–H groups in total. The van der Waals surface area contributed by atoms with Gasteiger partial charge in [-0.1, -0.05) is 78.9 Å². The first-order valence-corrected chi connectivity index (χ1v) is 11.7. The molecule has 3 aromatic rings. The van der Waals surface area contributed by atoms with Crippen molar-refractivity contribution in [2.24, 2.45) is 0 Å². The first-order chi connectivity index (χ1) is 17.6. The number of methoxy groups -OCH3 is 1. The number of hydrogen-bond donors (Lipinski definition) is 0. The van der Waals surface area contributed by atoms with E-state index < -0.39 is 30.4 Å². The summed E-state index contributed by atoms with van der Waals surface area (Å²) in [4.78, 5) is 42.3. The van der Waals surface area contributed by atoms with Gasteiger partial charge in [-0.05, 0) is 29.2 Å². The van der Waals surface area contributed by atoms with Gasteiger partial charge in [0.25, 0.3) is 0 Å². The molecule has 2 aliphatic rings. The molecule has 3 atom stereocenters. The second kappa shape index (κ2) is 10.1. The molecule has 0 unspecified atom stereocenters. The van der Waals surface area contributed by atoms with Crippen molar-refractivity contribution in [3.8, 4) is 0 Å². The summed E-state index contributed by atoms with van der Waals surface area (Å²) < 4.78 is 16.3. The Kier molecular flexibility index (Phi) is 6.58. The number of likely N-dealkylation sites (tertiary alicyclic amines) is 1. The van der Waals surface area contributed by atoms with Gasteiger partial charge in [0.1, 0.15) is 25.4 Å². The van der Waals surface area contributed by atoms with Crippen LogP contribution < -0.4 is 4.90 Å². The van der Waals surface area contributed by atoms with Crippen LogP contribution in [0, 0.1) is 0 Å². The number of amides is 2. The lowest BCUT2D eigenvalue weighted by Gasteiger charge is -2.33. The van der Waals surface area contributed by atoms with Gasteiger partial charge in [0.2, 0.25) is 0 Å². The maximum atomic E-state index is 13.4. The summed E-state index contributed by atoms with van der Waals surface area (Å²) in [5.74, 6) is -0.852. The van der Waals surface area contributed by atoms with Crippen molar-refractivity contribution in [3.05, 3.63) is 102 Å². The van der Waals surface area contributed by atoms with Gasteiger partial charge in [-0.15, -0.1) is 0 Å². The van der Waals surface area contributed by atoms with Gasteiger partial charge >= 0.3 is 18.2 Å². The molecule has 0 aliphatic carbocycles. The first kappa shape index (κ1) is 23.4. The van der Waals surface area contributed by atoms with E-state index in [9.17, 15) is 14.4 Å². The minimum Gasteiger partial charge on any atom is -0.467 e. The molecule has 0 spiro atoms. The molecule has 8 heteroatoms. The second-order valence-electron chi connectivity index (χ2n) is 8.71. The number of benzene rings is 3. The summed E-state index contributed by atoms with van der Waals surface area (Å²) in [5, 5.41) is 0. The molecule has 2 amide bonds. The minimum atomic E-state index is -0.897. The number of carbonyl (C=O) groups excluding carboxylic acids is 3. The van der Waals surface area contributed by atoms with Gasteiger partial charge in [0.15, 0.2) is 0 Å². The molecule has 3 aromatic carbocycles. The van der Waals surface area contributed by atoms with E-state index in [1.165, 1.54) is 16.9 Å². The fourth-order valence-electron chi connectivity index (χ4n) is 4.98. The molecule has 8 nitrogen and oxygen atoms in total. The molecule has 2 heterocycles. The van der Waals surface area contributed by atoms with Crippen LogP contribution in [0.4, 0.5) is 15.3 Å². The quantitative estimate of drug-likeness (QED) is 0.379. The van der Waals surface area contributed by atoms with Crippen LogP contribution in [0.5, 0.6) is 0 Å². The lowest BCUT2D eigenvalue weighted by atomic mass is 9.96. The van der Waals surface area contributed by atoms with Crippen molar-refractivity contribution < 1.29 is 28.6 Å². The predicted molar refractivity (Wildman–Crippen MR) is 131 cm³/mol. The van der Waals surface area contributed by atoms with E-state index in [1.807, 2.05) is 84.9 Å². The highest BCUT2D eigenvalue weighted by Gasteiger charge is 2.57. The van der Waals surface area contributed by atoms with E-state index in [-0.39, 0.29) is 19.1 Å². The molecule has 36 heavy (non-hydrogen) atoms. The van der Waals surface area contributed by atoms with E-state index in [1.54, 1.807) is 0 Å². The Morgan fingerprint density at radius 3 is 1.94 bits per heavy atom. The van der Waals surface area contributed by atoms with Crippen molar-refractivity contribution in [1.82, 2.24) is 4.90 Å². The molecule has 0 saturated carbocycles. The Morgan fingerprint density at radius 1 is 0.778 bits per heavy atom. The van der Waals surface area contributed by atoms with Gasteiger partial charge < -0.3 is 14.2 Å². The van der Waals surface area contributed by atoms with Gasteiger partial charge in [-0.3, -0.25) is 9.80 Å². The van der Waals surface area contributed by atoms with Crippen LogP contribution in [0.2, 0.25) is 0 Å². The Hall–Kier alpha value is -4.33. The molecule has 1 saturated heterocycles. The molecule has 2 aliphatic heterocycles. The average Bonchev–Trinajstić information content (AvgIpc) is 3.46. The molecular formula is C28H26N2O6. The second-order valence-corrected chi connectivity index (χ2v) is 8.71. The van der Waals surface area contributed by atoms with E-state index in [0.29, 0.717) is 12.1 Å². The van der Waals surface area contributed by atoms with Gasteiger partial charge in [0.05, 0.1) is 12.8 Å². The zero-order chi connectivity index (χ0) is 25.1. The summed E-state index contributed by atoms with van der Waals surface area (Å²) >= 11 is 0. The molecular weight excluding hydrogens is 460 g/mol. The molecule has 0 aromatic heterocycles. The Morgan fingerprint density at radius 2 is 1.33 bits per heavy atom. The lowest BCUT2D eigenvalue weighted by Crippen LogP contribution is -2.54. The molecule has 0 bridgehead atoms. The number of fused-ring (bicyclic) bond motifs is 3.